The van der Waals surface area contributed by atoms with Gasteiger partial charge in [0.05, 0.1) is 20.1 Å². The maximum atomic E-state index is 12.1. The molecular weight excluding hydrogens is 271 g/mol. The average molecular weight is 291 g/mol. The molecule has 0 amide bonds. The minimum absolute atomic E-state index is 0.268. The number of alkyl halides is 3. The SMILES string of the molecule is COc1ccc(OCCC(F)(F)F)c(CNC(C)C)c1. The van der Waals surface area contributed by atoms with E-state index >= 15 is 0 Å². The third-order valence-corrected chi connectivity index (χ3v) is 2.61. The highest BCUT2D eigenvalue weighted by molar-refractivity contribution is 5.40. The Morgan fingerprint density at radius 1 is 1.25 bits per heavy atom. The molecule has 3 nitrogen and oxygen atoms in total. The number of rotatable bonds is 7. The van der Waals surface area contributed by atoms with Crippen molar-refractivity contribution in [3.05, 3.63) is 23.8 Å². The van der Waals surface area contributed by atoms with E-state index < -0.39 is 12.6 Å². The predicted molar refractivity (Wildman–Crippen MR) is 71.1 cm³/mol. The van der Waals surface area contributed by atoms with Gasteiger partial charge in [0.15, 0.2) is 0 Å². The van der Waals surface area contributed by atoms with Crippen LogP contribution in [0, 0.1) is 0 Å². The van der Waals surface area contributed by atoms with Gasteiger partial charge in [0.2, 0.25) is 0 Å². The lowest BCUT2D eigenvalue weighted by Crippen LogP contribution is -2.22. The highest BCUT2D eigenvalue weighted by atomic mass is 19.4. The van der Waals surface area contributed by atoms with E-state index in [9.17, 15) is 13.2 Å². The van der Waals surface area contributed by atoms with E-state index in [0.29, 0.717) is 18.0 Å². The van der Waals surface area contributed by atoms with Gasteiger partial charge in [0.25, 0.3) is 0 Å². The van der Waals surface area contributed by atoms with E-state index in [-0.39, 0.29) is 12.6 Å². The average Bonchev–Trinajstić information content (AvgIpc) is 2.35. The Kier molecular flexibility index (Phi) is 6.13. The molecule has 20 heavy (non-hydrogen) atoms. The molecule has 0 aliphatic carbocycles. The molecule has 0 heterocycles. The lowest BCUT2D eigenvalue weighted by Gasteiger charge is -2.15. The number of nitrogens with one attached hydrogen (secondary N) is 1. The summed E-state index contributed by atoms with van der Waals surface area (Å²) in [7, 11) is 1.54. The van der Waals surface area contributed by atoms with Gasteiger partial charge in [-0.2, -0.15) is 13.2 Å². The van der Waals surface area contributed by atoms with Crippen LogP contribution in [0.25, 0.3) is 0 Å². The molecule has 1 aromatic rings. The fourth-order valence-corrected chi connectivity index (χ4v) is 1.55. The molecule has 1 aromatic carbocycles. The molecule has 0 aromatic heterocycles. The molecule has 0 bridgehead atoms. The van der Waals surface area contributed by atoms with Crippen molar-refractivity contribution >= 4 is 0 Å². The van der Waals surface area contributed by atoms with Gasteiger partial charge in [-0.05, 0) is 18.2 Å². The number of methoxy groups -OCH3 is 1. The first-order valence-corrected chi connectivity index (χ1v) is 6.41. The Hall–Kier alpha value is -1.43. The van der Waals surface area contributed by atoms with E-state index in [1.165, 1.54) is 0 Å². The Balaban J connectivity index is 2.72. The summed E-state index contributed by atoms with van der Waals surface area (Å²) in [4.78, 5) is 0. The van der Waals surface area contributed by atoms with Crippen molar-refractivity contribution in [3.63, 3.8) is 0 Å². The highest BCUT2D eigenvalue weighted by Crippen LogP contribution is 2.26. The molecule has 0 spiro atoms. The molecule has 0 saturated carbocycles. The monoisotopic (exact) mass is 291 g/mol. The second kappa shape index (κ2) is 7.38. The zero-order chi connectivity index (χ0) is 15.2. The summed E-state index contributed by atoms with van der Waals surface area (Å²) in [6.07, 6.45) is -5.17. The van der Waals surface area contributed by atoms with E-state index in [2.05, 4.69) is 5.32 Å². The number of ether oxygens (including phenoxy) is 2. The van der Waals surface area contributed by atoms with Crippen molar-refractivity contribution in [2.75, 3.05) is 13.7 Å². The lowest BCUT2D eigenvalue weighted by atomic mass is 10.1. The Morgan fingerprint density at radius 2 is 1.95 bits per heavy atom. The smallest absolute Gasteiger partial charge is 0.392 e. The van der Waals surface area contributed by atoms with Crippen LogP contribution in [-0.2, 0) is 6.54 Å². The Labute approximate surface area is 117 Å². The number of benzene rings is 1. The molecule has 0 saturated heterocycles. The molecule has 0 radical (unpaired) electrons. The van der Waals surface area contributed by atoms with Crippen molar-refractivity contribution in [2.24, 2.45) is 0 Å². The molecule has 0 fully saturated rings. The summed E-state index contributed by atoms with van der Waals surface area (Å²) in [6, 6.07) is 5.33. The summed E-state index contributed by atoms with van der Waals surface area (Å²) in [5.41, 5.74) is 0.778. The van der Waals surface area contributed by atoms with Crippen LogP contribution in [0.15, 0.2) is 18.2 Å². The molecule has 1 N–H and O–H groups in total. The summed E-state index contributed by atoms with van der Waals surface area (Å²) in [5.74, 6) is 1.09. The van der Waals surface area contributed by atoms with Gasteiger partial charge in [0, 0.05) is 18.2 Å². The normalized spacial score (nSPS) is 11.8. The standard InChI is InChI=1S/C14H20F3NO2/c1-10(2)18-9-11-8-12(19-3)4-5-13(11)20-7-6-14(15,16)17/h4-5,8,10,18H,6-7,9H2,1-3H3. The van der Waals surface area contributed by atoms with Gasteiger partial charge in [-0.3, -0.25) is 0 Å². The lowest BCUT2D eigenvalue weighted by molar-refractivity contribution is -0.139. The van der Waals surface area contributed by atoms with Crippen molar-refractivity contribution in [2.45, 2.75) is 39.0 Å². The van der Waals surface area contributed by atoms with Gasteiger partial charge in [0.1, 0.15) is 11.5 Å². The Bertz CT molecular complexity index is 419. The van der Waals surface area contributed by atoms with E-state index in [1.807, 2.05) is 13.8 Å². The summed E-state index contributed by atoms with van der Waals surface area (Å²) in [6.45, 7) is 4.11. The van der Waals surface area contributed by atoms with E-state index in [4.69, 9.17) is 9.47 Å². The molecule has 0 atom stereocenters. The van der Waals surface area contributed by atoms with Crippen LogP contribution in [0.3, 0.4) is 0 Å². The first-order valence-electron chi connectivity index (χ1n) is 6.41. The first kappa shape index (κ1) is 16.6. The zero-order valence-electron chi connectivity index (χ0n) is 11.9. The predicted octanol–water partition coefficient (Wildman–Crippen LogP) is 3.52. The van der Waals surface area contributed by atoms with Gasteiger partial charge < -0.3 is 14.8 Å². The van der Waals surface area contributed by atoms with Crippen LogP contribution < -0.4 is 14.8 Å². The van der Waals surface area contributed by atoms with Crippen LogP contribution in [0.4, 0.5) is 13.2 Å². The fraction of sp³-hybridized carbons (Fsp3) is 0.571. The van der Waals surface area contributed by atoms with Gasteiger partial charge >= 0.3 is 6.18 Å². The van der Waals surface area contributed by atoms with Crippen molar-refractivity contribution in [3.8, 4) is 11.5 Å². The minimum atomic E-state index is -4.21. The Morgan fingerprint density at radius 3 is 2.50 bits per heavy atom. The van der Waals surface area contributed by atoms with E-state index in [1.54, 1.807) is 25.3 Å². The third kappa shape index (κ3) is 6.14. The summed E-state index contributed by atoms with van der Waals surface area (Å²) in [5, 5.41) is 3.20. The zero-order valence-corrected chi connectivity index (χ0v) is 11.9. The molecule has 0 aliphatic rings. The first-order chi connectivity index (χ1) is 9.31. The van der Waals surface area contributed by atoms with Gasteiger partial charge in [-0.1, -0.05) is 13.8 Å². The largest absolute Gasteiger partial charge is 0.497 e. The van der Waals surface area contributed by atoms with Crippen LogP contribution in [0.2, 0.25) is 0 Å². The quantitative estimate of drug-likeness (QED) is 0.833. The molecule has 114 valence electrons. The summed E-state index contributed by atoms with van der Waals surface area (Å²) < 4.78 is 46.7. The molecule has 0 aliphatic heterocycles. The van der Waals surface area contributed by atoms with Crippen LogP contribution in [-0.4, -0.2) is 25.9 Å². The molecule has 1 rings (SSSR count). The summed E-state index contributed by atoms with van der Waals surface area (Å²) >= 11 is 0. The molecule has 6 heteroatoms. The highest BCUT2D eigenvalue weighted by Gasteiger charge is 2.27. The molecular formula is C14H20F3NO2. The minimum Gasteiger partial charge on any atom is -0.497 e. The fourth-order valence-electron chi connectivity index (χ4n) is 1.55. The number of hydrogen-bond acceptors (Lipinski definition) is 3. The van der Waals surface area contributed by atoms with Crippen molar-refractivity contribution < 1.29 is 22.6 Å². The topological polar surface area (TPSA) is 30.5 Å². The van der Waals surface area contributed by atoms with Crippen molar-refractivity contribution in [1.82, 2.24) is 5.32 Å². The maximum Gasteiger partial charge on any atom is 0.392 e. The van der Waals surface area contributed by atoms with E-state index in [0.717, 1.165) is 5.56 Å². The van der Waals surface area contributed by atoms with Crippen LogP contribution >= 0.6 is 0 Å². The second-order valence-corrected chi connectivity index (χ2v) is 4.72. The maximum absolute atomic E-state index is 12.1. The van der Waals surface area contributed by atoms with Gasteiger partial charge in [-0.15, -0.1) is 0 Å². The number of halogens is 3. The molecule has 0 unspecified atom stereocenters. The van der Waals surface area contributed by atoms with Gasteiger partial charge in [-0.25, -0.2) is 0 Å². The second-order valence-electron chi connectivity index (χ2n) is 4.72. The third-order valence-electron chi connectivity index (χ3n) is 2.61. The number of hydrogen-bond donors (Lipinski definition) is 1. The van der Waals surface area contributed by atoms with Crippen LogP contribution in [0.1, 0.15) is 25.8 Å². The van der Waals surface area contributed by atoms with Crippen molar-refractivity contribution in [1.29, 1.82) is 0 Å². The van der Waals surface area contributed by atoms with Crippen LogP contribution in [0.5, 0.6) is 11.5 Å².